The Kier molecular flexibility index (Phi) is 10.6. The standard InChI is InChI=1S/2C21H17S.C4H6.2ClH.Zr/c2*1-14-8-10-17-12-18(20-11-9-15(2)22-20)13-19(17)21(14)16-6-4-3-5-7-16;1-2-4-3-1;;;/h2*3-13H,1-2H3;1-3H2;2*1H;/q;;;;;+2/p-2. The van der Waals surface area contributed by atoms with Crippen molar-refractivity contribution in [3.8, 4) is 22.3 Å². The average Bonchev–Trinajstić information content (AvgIpc) is 3.88. The first-order chi connectivity index (χ1) is 24.0. The van der Waals surface area contributed by atoms with Gasteiger partial charge in [0.1, 0.15) is 0 Å². The number of rotatable bonds is 6. The number of hydrogen-bond acceptors (Lipinski definition) is 2. The van der Waals surface area contributed by atoms with Crippen LogP contribution in [-0.2, 0) is 21.3 Å². The van der Waals surface area contributed by atoms with Gasteiger partial charge in [0.2, 0.25) is 0 Å². The molecule has 254 valence electrons. The van der Waals surface area contributed by atoms with Crippen LogP contribution in [0.2, 0.25) is 0 Å². The van der Waals surface area contributed by atoms with Crippen molar-refractivity contribution in [2.45, 2.75) is 54.2 Å². The van der Waals surface area contributed by atoms with Crippen molar-refractivity contribution in [2.75, 3.05) is 0 Å². The molecule has 5 heteroatoms. The molecule has 0 spiro atoms. The normalized spacial score (nSPS) is 16.9. The molecule has 2 atom stereocenters. The van der Waals surface area contributed by atoms with Crippen LogP contribution in [0.4, 0.5) is 0 Å². The van der Waals surface area contributed by atoms with Gasteiger partial charge in [-0.3, -0.25) is 0 Å². The van der Waals surface area contributed by atoms with Crippen LogP contribution in [0.25, 0.3) is 45.6 Å². The molecule has 0 saturated heterocycles. The van der Waals surface area contributed by atoms with Gasteiger partial charge in [0, 0.05) is 0 Å². The third-order valence-corrected chi connectivity index (χ3v) is 22.4. The van der Waals surface area contributed by atoms with Gasteiger partial charge in [-0.25, -0.2) is 0 Å². The quantitative estimate of drug-likeness (QED) is 0.166. The Hall–Kier alpha value is -2.91. The van der Waals surface area contributed by atoms with Crippen molar-refractivity contribution < 1.29 is 46.1 Å². The van der Waals surface area contributed by atoms with E-state index >= 15 is 0 Å². The molecule has 2 aromatic heterocycles. The molecule has 2 heterocycles. The van der Waals surface area contributed by atoms with Crippen LogP contribution in [-0.4, -0.2) is 3.21 Å². The molecule has 6 aromatic rings. The summed E-state index contributed by atoms with van der Waals surface area (Å²) in [4.78, 5) is 5.74. The van der Waals surface area contributed by atoms with Crippen molar-refractivity contribution in [3.05, 3.63) is 162 Å². The molecule has 1 fully saturated rings. The minimum Gasteiger partial charge on any atom is -1.00 e. The van der Waals surface area contributed by atoms with Crippen LogP contribution in [0, 0.1) is 27.7 Å². The summed E-state index contributed by atoms with van der Waals surface area (Å²) in [5.41, 5.74) is 17.6. The summed E-state index contributed by atoms with van der Waals surface area (Å²) >= 11 is 1.39. The summed E-state index contributed by atoms with van der Waals surface area (Å²) in [6.07, 6.45) is 9.25. The van der Waals surface area contributed by atoms with Gasteiger partial charge in [0.25, 0.3) is 0 Å². The van der Waals surface area contributed by atoms with Crippen LogP contribution in [0.1, 0.15) is 79.4 Å². The van der Waals surface area contributed by atoms with E-state index < -0.39 is 21.3 Å². The number of hydrogen-bond donors (Lipinski definition) is 0. The summed E-state index contributed by atoms with van der Waals surface area (Å²) in [5, 5.41) is 0. The molecule has 51 heavy (non-hydrogen) atoms. The molecule has 4 aromatic carbocycles. The maximum Gasteiger partial charge on any atom is -1.00 e. The molecular weight excluding hydrogens is 779 g/mol. The minimum atomic E-state index is -2.60. The van der Waals surface area contributed by atoms with E-state index in [0.29, 0.717) is 7.25 Å². The molecule has 1 saturated carbocycles. The Bertz CT molecular complexity index is 2190. The van der Waals surface area contributed by atoms with Gasteiger partial charge in [-0.15, -0.1) is 0 Å². The topological polar surface area (TPSA) is 0 Å². The van der Waals surface area contributed by atoms with Gasteiger partial charge < -0.3 is 24.8 Å². The molecule has 0 radical (unpaired) electrons. The van der Waals surface area contributed by atoms with Crippen molar-refractivity contribution in [2.24, 2.45) is 0 Å². The zero-order valence-electron chi connectivity index (χ0n) is 29.4. The Balaban J connectivity index is 0.00000203. The number of allylic oxidation sites excluding steroid dienone is 2. The van der Waals surface area contributed by atoms with Crippen LogP contribution in [0.3, 0.4) is 0 Å². The van der Waals surface area contributed by atoms with E-state index in [1.807, 2.05) is 25.9 Å². The van der Waals surface area contributed by atoms with Crippen molar-refractivity contribution >= 4 is 49.2 Å². The molecule has 9 rings (SSSR count). The van der Waals surface area contributed by atoms with Crippen LogP contribution in [0.5, 0.6) is 0 Å². The molecule has 0 aliphatic heterocycles. The number of thiophene rings is 2. The third kappa shape index (κ3) is 6.32. The molecule has 0 bridgehead atoms. The Morgan fingerprint density at radius 2 is 0.941 bits per heavy atom. The van der Waals surface area contributed by atoms with E-state index in [1.165, 1.54) is 83.3 Å². The molecule has 0 N–H and O–H groups in total. The molecule has 2 unspecified atom stereocenters. The van der Waals surface area contributed by atoms with Gasteiger partial charge in [0.15, 0.2) is 0 Å². The number of fused-ring (bicyclic) bond motifs is 2. The second-order valence-electron chi connectivity index (χ2n) is 14.1. The summed E-state index contributed by atoms with van der Waals surface area (Å²) in [7, 11) is 0. The monoisotopic (exact) mass is 816 g/mol. The van der Waals surface area contributed by atoms with E-state index in [9.17, 15) is 0 Å². The second-order valence-corrected chi connectivity index (χ2v) is 23.4. The smallest absolute Gasteiger partial charge is 1.00 e. The fraction of sp³-hybridized carbons (Fsp3) is 0.196. The van der Waals surface area contributed by atoms with E-state index in [-0.39, 0.29) is 24.8 Å². The second kappa shape index (κ2) is 14.8. The average molecular weight is 819 g/mol. The summed E-state index contributed by atoms with van der Waals surface area (Å²) in [6.45, 7) is 9.15. The first-order valence-corrected chi connectivity index (χ1v) is 23.3. The molecule has 3 aliphatic rings. The summed E-state index contributed by atoms with van der Waals surface area (Å²) in [6, 6.07) is 41.7. The summed E-state index contributed by atoms with van der Waals surface area (Å²) in [5.74, 6) is 0. The largest absolute Gasteiger partial charge is 1.00 e. The minimum absolute atomic E-state index is 0. The maximum atomic E-state index is 2.64. The Labute approximate surface area is 331 Å². The number of benzene rings is 4. The Morgan fingerprint density at radius 1 is 0.510 bits per heavy atom. The molecule has 0 nitrogen and oxygen atoms in total. The van der Waals surface area contributed by atoms with E-state index in [2.05, 4.69) is 149 Å². The fourth-order valence-electron chi connectivity index (χ4n) is 8.59. The van der Waals surface area contributed by atoms with Crippen LogP contribution < -0.4 is 24.8 Å². The zero-order valence-corrected chi connectivity index (χ0v) is 35.0. The van der Waals surface area contributed by atoms with Crippen LogP contribution >= 0.6 is 22.7 Å². The number of aryl methyl sites for hydroxylation is 4. The summed E-state index contributed by atoms with van der Waals surface area (Å²) < 4.78 is 2.91. The van der Waals surface area contributed by atoms with Gasteiger partial charge in [0.05, 0.1) is 0 Å². The third-order valence-electron chi connectivity index (χ3n) is 11.0. The first kappa shape index (κ1) is 36.5. The van der Waals surface area contributed by atoms with E-state index in [0.717, 1.165) is 0 Å². The molecular formula is C46H40Cl2S2Zr. The fourth-order valence-corrected chi connectivity index (χ4v) is 21.7. The molecule has 0 amide bonds. The predicted molar refractivity (Wildman–Crippen MR) is 211 cm³/mol. The molecule has 3 aliphatic carbocycles. The van der Waals surface area contributed by atoms with Gasteiger partial charge in [-0.1, -0.05) is 0 Å². The van der Waals surface area contributed by atoms with Gasteiger partial charge >= 0.3 is 309 Å². The zero-order chi connectivity index (χ0) is 33.2. The SMILES string of the molecule is Cc1ccc(C2=Cc3c(ccc(C)c3-c3ccccc3)[CH]2[Zr+2](=[C]2CCC2)[CH]2C(c3ccc(C)s3)=Cc3c2ccc(C)c3-c2ccccc2)s1.[Cl-].[Cl-]. The number of halogens is 2. The maximum absolute atomic E-state index is 2.64. The van der Waals surface area contributed by atoms with Crippen molar-refractivity contribution in [3.63, 3.8) is 0 Å². The van der Waals surface area contributed by atoms with Gasteiger partial charge in [-0.2, -0.15) is 0 Å². The van der Waals surface area contributed by atoms with E-state index in [1.54, 1.807) is 22.3 Å². The van der Waals surface area contributed by atoms with E-state index in [4.69, 9.17) is 0 Å². The van der Waals surface area contributed by atoms with Gasteiger partial charge in [-0.05, 0) is 0 Å². The predicted octanol–water partition coefficient (Wildman–Crippen LogP) is 7.25. The van der Waals surface area contributed by atoms with Crippen molar-refractivity contribution in [1.82, 2.24) is 0 Å². The Morgan fingerprint density at radius 3 is 1.29 bits per heavy atom. The van der Waals surface area contributed by atoms with Crippen LogP contribution in [0.15, 0.2) is 109 Å². The first-order valence-electron chi connectivity index (χ1n) is 17.6. The van der Waals surface area contributed by atoms with Crippen molar-refractivity contribution in [1.29, 1.82) is 0 Å².